The Bertz CT molecular complexity index is 392. The van der Waals surface area contributed by atoms with Crippen LogP contribution in [0.15, 0.2) is 18.2 Å². The van der Waals surface area contributed by atoms with E-state index in [1.54, 1.807) is 18.2 Å². The predicted octanol–water partition coefficient (Wildman–Crippen LogP) is 0.00960. The molecule has 1 atom stereocenters. The van der Waals surface area contributed by atoms with Crippen molar-refractivity contribution >= 4 is 11.6 Å². The predicted molar refractivity (Wildman–Crippen MR) is 54.6 cm³/mol. The second-order valence-corrected chi connectivity index (χ2v) is 3.38. The third kappa shape index (κ3) is 1.93. The first-order valence-corrected chi connectivity index (χ1v) is 4.63. The van der Waals surface area contributed by atoms with Crippen molar-refractivity contribution in [3.63, 3.8) is 0 Å². The fourth-order valence-electron chi connectivity index (χ4n) is 1.44. The smallest absolute Gasteiger partial charge is 0.262 e. The minimum atomic E-state index is -0.436. The summed E-state index contributed by atoms with van der Waals surface area (Å²) in [5.74, 6) is 0.445. The lowest BCUT2D eigenvalue weighted by atomic mass is 10.1. The molecule has 0 saturated carbocycles. The molecule has 0 fully saturated rings. The zero-order chi connectivity index (χ0) is 10.8. The number of aliphatic hydroxyl groups excluding tert-OH is 1. The number of hydrogen-bond donors (Lipinski definition) is 3. The lowest BCUT2D eigenvalue weighted by molar-refractivity contribution is -0.118. The zero-order valence-corrected chi connectivity index (χ0v) is 8.06. The Morgan fingerprint density at radius 2 is 2.40 bits per heavy atom. The van der Waals surface area contributed by atoms with Crippen LogP contribution in [0, 0.1) is 0 Å². The van der Waals surface area contributed by atoms with Crippen molar-refractivity contribution in [2.24, 2.45) is 5.73 Å². The minimum absolute atomic E-state index is 0.0401. The first-order valence-electron chi connectivity index (χ1n) is 4.63. The molecule has 5 heteroatoms. The molecule has 0 spiro atoms. The normalized spacial score (nSPS) is 16.3. The fourth-order valence-corrected chi connectivity index (χ4v) is 1.44. The molecule has 1 aliphatic heterocycles. The van der Waals surface area contributed by atoms with Crippen molar-refractivity contribution in [3.05, 3.63) is 23.8 Å². The summed E-state index contributed by atoms with van der Waals surface area (Å²) in [5.41, 5.74) is 7.03. The molecule has 0 aliphatic carbocycles. The summed E-state index contributed by atoms with van der Waals surface area (Å²) in [7, 11) is 0. The number of nitrogens with two attached hydrogens (primary N) is 1. The summed E-state index contributed by atoms with van der Waals surface area (Å²) in [5, 5.41) is 11.6. The zero-order valence-electron chi connectivity index (χ0n) is 8.06. The van der Waals surface area contributed by atoms with Gasteiger partial charge in [0.05, 0.1) is 18.3 Å². The number of anilines is 1. The van der Waals surface area contributed by atoms with E-state index in [-0.39, 0.29) is 19.1 Å². The number of rotatable bonds is 2. The minimum Gasteiger partial charge on any atom is -0.482 e. The van der Waals surface area contributed by atoms with E-state index in [1.807, 2.05) is 0 Å². The van der Waals surface area contributed by atoms with E-state index in [0.29, 0.717) is 11.4 Å². The Labute approximate surface area is 86.8 Å². The molecule has 1 aromatic carbocycles. The van der Waals surface area contributed by atoms with Gasteiger partial charge in [0, 0.05) is 0 Å². The molecule has 0 saturated heterocycles. The van der Waals surface area contributed by atoms with Crippen LogP contribution in [0.4, 0.5) is 5.69 Å². The van der Waals surface area contributed by atoms with Gasteiger partial charge in [0.25, 0.3) is 5.91 Å². The highest BCUT2D eigenvalue weighted by Crippen LogP contribution is 2.29. The average molecular weight is 208 g/mol. The van der Waals surface area contributed by atoms with Crippen LogP contribution in [0.3, 0.4) is 0 Å². The Balaban J connectivity index is 2.32. The number of hydrogen-bond acceptors (Lipinski definition) is 4. The highest BCUT2D eigenvalue weighted by atomic mass is 16.5. The molecule has 1 heterocycles. The van der Waals surface area contributed by atoms with Crippen LogP contribution in [0.5, 0.6) is 5.75 Å². The van der Waals surface area contributed by atoms with E-state index in [2.05, 4.69) is 5.32 Å². The quantitative estimate of drug-likeness (QED) is 0.639. The van der Waals surface area contributed by atoms with E-state index < -0.39 is 6.04 Å². The largest absolute Gasteiger partial charge is 0.482 e. The number of fused-ring (bicyclic) bond motifs is 1. The molecular weight excluding hydrogens is 196 g/mol. The van der Waals surface area contributed by atoms with E-state index in [4.69, 9.17) is 15.6 Å². The van der Waals surface area contributed by atoms with Crippen LogP contribution in [-0.2, 0) is 4.79 Å². The van der Waals surface area contributed by atoms with Gasteiger partial charge in [-0.15, -0.1) is 0 Å². The maximum atomic E-state index is 11.1. The van der Waals surface area contributed by atoms with Gasteiger partial charge in [0.1, 0.15) is 5.75 Å². The van der Waals surface area contributed by atoms with Crippen molar-refractivity contribution in [3.8, 4) is 5.75 Å². The molecule has 0 bridgehead atoms. The molecule has 1 aromatic rings. The van der Waals surface area contributed by atoms with Crippen LogP contribution in [0.1, 0.15) is 11.6 Å². The topological polar surface area (TPSA) is 84.6 Å². The van der Waals surface area contributed by atoms with Gasteiger partial charge in [-0.3, -0.25) is 4.79 Å². The monoisotopic (exact) mass is 208 g/mol. The van der Waals surface area contributed by atoms with E-state index in [9.17, 15) is 4.79 Å². The summed E-state index contributed by atoms with van der Waals surface area (Å²) in [6, 6.07) is 4.79. The maximum absolute atomic E-state index is 11.1. The molecule has 80 valence electrons. The standard InChI is InChI=1S/C10H12N2O3/c11-7(4-13)6-1-2-9-8(3-6)12-10(14)5-15-9/h1-3,7,13H,4-5,11H2,(H,12,14). The highest BCUT2D eigenvalue weighted by molar-refractivity contribution is 5.95. The summed E-state index contributed by atoms with van der Waals surface area (Å²) in [6.07, 6.45) is 0. The van der Waals surface area contributed by atoms with Crippen molar-refractivity contribution in [1.82, 2.24) is 0 Å². The summed E-state index contributed by atoms with van der Waals surface area (Å²) in [4.78, 5) is 11.1. The van der Waals surface area contributed by atoms with Gasteiger partial charge in [-0.25, -0.2) is 0 Å². The van der Waals surface area contributed by atoms with Gasteiger partial charge < -0.3 is 20.9 Å². The SMILES string of the molecule is NC(CO)c1ccc2c(c1)NC(=O)CO2. The number of aliphatic hydroxyl groups is 1. The Morgan fingerprint density at radius 1 is 1.60 bits per heavy atom. The van der Waals surface area contributed by atoms with E-state index in [0.717, 1.165) is 5.56 Å². The first kappa shape index (κ1) is 9.95. The number of amides is 1. The number of carbonyl (C=O) groups excluding carboxylic acids is 1. The summed E-state index contributed by atoms with van der Waals surface area (Å²) >= 11 is 0. The number of benzene rings is 1. The molecular formula is C10H12N2O3. The van der Waals surface area contributed by atoms with Gasteiger partial charge in [-0.2, -0.15) is 0 Å². The average Bonchev–Trinajstić information content (AvgIpc) is 2.27. The second-order valence-electron chi connectivity index (χ2n) is 3.38. The molecule has 0 aromatic heterocycles. The Hall–Kier alpha value is -1.59. The van der Waals surface area contributed by atoms with Crippen molar-refractivity contribution in [2.45, 2.75) is 6.04 Å². The van der Waals surface area contributed by atoms with Crippen LogP contribution in [0.2, 0.25) is 0 Å². The van der Waals surface area contributed by atoms with Gasteiger partial charge >= 0.3 is 0 Å². The van der Waals surface area contributed by atoms with Crippen molar-refractivity contribution in [1.29, 1.82) is 0 Å². The lowest BCUT2D eigenvalue weighted by Gasteiger charge is -2.19. The molecule has 1 aliphatic rings. The number of nitrogens with one attached hydrogen (secondary N) is 1. The van der Waals surface area contributed by atoms with Gasteiger partial charge in [0.2, 0.25) is 0 Å². The number of ether oxygens (including phenoxy) is 1. The third-order valence-corrected chi connectivity index (χ3v) is 2.26. The van der Waals surface area contributed by atoms with Crippen LogP contribution < -0.4 is 15.8 Å². The lowest BCUT2D eigenvalue weighted by Crippen LogP contribution is -2.25. The van der Waals surface area contributed by atoms with E-state index >= 15 is 0 Å². The molecule has 0 radical (unpaired) electrons. The Kier molecular flexibility index (Phi) is 2.57. The number of carbonyl (C=O) groups is 1. The van der Waals surface area contributed by atoms with Gasteiger partial charge in [0.15, 0.2) is 6.61 Å². The molecule has 1 unspecified atom stereocenters. The molecule has 4 N–H and O–H groups in total. The van der Waals surface area contributed by atoms with Crippen LogP contribution in [0.25, 0.3) is 0 Å². The Morgan fingerprint density at radius 3 is 3.13 bits per heavy atom. The van der Waals surface area contributed by atoms with Gasteiger partial charge in [-0.1, -0.05) is 6.07 Å². The summed E-state index contributed by atoms with van der Waals surface area (Å²) in [6.45, 7) is -0.0913. The van der Waals surface area contributed by atoms with Crippen LogP contribution >= 0.6 is 0 Å². The maximum Gasteiger partial charge on any atom is 0.262 e. The van der Waals surface area contributed by atoms with Crippen molar-refractivity contribution < 1.29 is 14.6 Å². The second kappa shape index (κ2) is 3.88. The molecule has 2 rings (SSSR count). The van der Waals surface area contributed by atoms with Crippen molar-refractivity contribution in [2.75, 3.05) is 18.5 Å². The molecule has 1 amide bonds. The van der Waals surface area contributed by atoms with Crippen LogP contribution in [-0.4, -0.2) is 24.2 Å². The highest BCUT2D eigenvalue weighted by Gasteiger charge is 2.17. The fraction of sp³-hybridized carbons (Fsp3) is 0.300. The molecule has 5 nitrogen and oxygen atoms in total. The van der Waals surface area contributed by atoms with Gasteiger partial charge in [-0.05, 0) is 17.7 Å². The van der Waals surface area contributed by atoms with E-state index in [1.165, 1.54) is 0 Å². The molecule has 15 heavy (non-hydrogen) atoms. The first-order chi connectivity index (χ1) is 7.20. The third-order valence-electron chi connectivity index (χ3n) is 2.26. The summed E-state index contributed by atoms with van der Waals surface area (Å²) < 4.78 is 5.19.